The average molecular weight is 431 g/mol. The lowest BCUT2D eigenvalue weighted by Gasteiger charge is -2.62. The molecule has 6 rings (SSSR count). The molecule has 0 radical (unpaired) electrons. The largest absolute Gasteiger partial charge is 0.393 e. The molecular weight excluding hydrogens is 396 g/mol. The van der Waals surface area contributed by atoms with Gasteiger partial charge in [0, 0.05) is 11.8 Å². The minimum absolute atomic E-state index is 0.122. The molecule has 1 N–H and O–H groups in total. The molecule has 6 nitrogen and oxygen atoms in total. The van der Waals surface area contributed by atoms with Crippen LogP contribution in [0, 0.1) is 34.5 Å². The van der Waals surface area contributed by atoms with Crippen molar-refractivity contribution in [3.8, 4) is 0 Å². The molecule has 0 amide bonds. The van der Waals surface area contributed by atoms with E-state index >= 15 is 0 Å². The van der Waals surface area contributed by atoms with Gasteiger partial charge in [-0.1, -0.05) is 32.9 Å². The van der Waals surface area contributed by atoms with Gasteiger partial charge in [0.25, 0.3) is 0 Å². The van der Waals surface area contributed by atoms with E-state index in [1.54, 1.807) is 0 Å². The summed E-state index contributed by atoms with van der Waals surface area (Å²) in [6.07, 6.45) is 5.14. The number of rotatable bonds is 0. The van der Waals surface area contributed by atoms with Gasteiger partial charge in [-0.05, 0) is 66.4 Å². The summed E-state index contributed by atoms with van der Waals surface area (Å²) in [7, 11) is 0. The maximum absolute atomic E-state index is 12.2. The highest BCUT2D eigenvalue weighted by molar-refractivity contribution is 5.92. The number of hydrogen-bond donors (Lipinski definition) is 1. The fraction of sp³-hybridized carbons (Fsp3) is 0.800. The molecule has 170 valence electrons. The number of ketones is 1. The Morgan fingerprint density at radius 2 is 1.97 bits per heavy atom. The van der Waals surface area contributed by atoms with Gasteiger partial charge < -0.3 is 24.1 Å². The molecule has 6 aliphatic rings. The molecule has 3 saturated carbocycles. The Kier molecular flexibility index (Phi) is 4.17. The lowest BCUT2D eigenvalue weighted by atomic mass is 9.44. The van der Waals surface area contributed by atoms with Gasteiger partial charge in [-0.3, -0.25) is 4.79 Å². The molecule has 4 aliphatic carbocycles. The molecule has 9 atom stereocenters. The van der Waals surface area contributed by atoms with E-state index in [1.807, 2.05) is 6.08 Å². The number of aliphatic hydroxyl groups is 1. The van der Waals surface area contributed by atoms with Gasteiger partial charge in [-0.2, -0.15) is 0 Å². The molecule has 0 bridgehead atoms. The van der Waals surface area contributed by atoms with Crippen LogP contribution >= 0.6 is 0 Å². The second-order valence-electron chi connectivity index (χ2n) is 11.4. The molecule has 6 heteroatoms. The highest BCUT2D eigenvalue weighted by Gasteiger charge is 2.79. The van der Waals surface area contributed by atoms with E-state index in [9.17, 15) is 9.90 Å². The Balaban J connectivity index is 1.46. The normalized spacial score (nSPS) is 56.0. The Morgan fingerprint density at radius 3 is 2.71 bits per heavy atom. The number of allylic oxidation sites excluding steroid dienone is 2. The summed E-state index contributed by atoms with van der Waals surface area (Å²) in [4.78, 5) is 12.2. The first-order chi connectivity index (χ1) is 14.7. The number of carbonyl (C=O) groups is 1. The van der Waals surface area contributed by atoms with Crippen LogP contribution in [0.3, 0.4) is 0 Å². The standard InChI is InChI=1S/C25H34O6/c1-14-7-17-19-8-15(2)25(24(30-13-31-25)11-28-12-29-24)23(19,4)10-20(27)21(17)22(3)6-5-16(26)9-18(14)22/h9,15,17,19-21,27H,1,5-8,10-13H2,2-4H3/t15-,17+,19+,20+,21-,22+,23+,24?,25-/m1/s1. The van der Waals surface area contributed by atoms with Crippen molar-refractivity contribution in [3.05, 3.63) is 23.8 Å². The zero-order valence-corrected chi connectivity index (χ0v) is 18.8. The number of fused-ring (bicyclic) bond motifs is 7. The highest BCUT2D eigenvalue weighted by Crippen LogP contribution is 2.73. The lowest BCUT2D eigenvalue weighted by Crippen LogP contribution is -2.67. The topological polar surface area (TPSA) is 74.2 Å². The van der Waals surface area contributed by atoms with Crippen LogP contribution < -0.4 is 0 Å². The zero-order chi connectivity index (χ0) is 21.8. The van der Waals surface area contributed by atoms with E-state index in [1.165, 1.54) is 0 Å². The first-order valence-electron chi connectivity index (χ1n) is 11.8. The van der Waals surface area contributed by atoms with Crippen LogP contribution in [0.1, 0.15) is 52.9 Å². The van der Waals surface area contributed by atoms with Gasteiger partial charge in [-0.25, -0.2) is 0 Å². The van der Waals surface area contributed by atoms with Gasteiger partial charge >= 0.3 is 0 Å². The van der Waals surface area contributed by atoms with E-state index in [0.29, 0.717) is 31.3 Å². The third kappa shape index (κ3) is 2.24. The monoisotopic (exact) mass is 430 g/mol. The van der Waals surface area contributed by atoms with Crippen molar-refractivity contribution in [2.45, 2.75) is 70.4 Å². The van der Waals surface area contributed by atoms with Crippen molar-refractivity contribution in [1.29, 1.82) is 0 Å². The van der Waals surface area contributed by atoms with E-state index in [-0.39, 0.29) is 42.0 Å². The summed E-state index contributed by atoms with van der Waals surface area (Å²) in [5.41, 5.74) is 0.997. The van der Waals surface area contributed by atoms with Gasteiger partial charge in [0.05, 0.1) is 6.10 Å². The Morgan fingerprint density at radius 1 is 1.19 bits per heavy atom. The minimum Gasteiger partial charge on any atom is -0.393 e. The first kappa shape index (κ1) is 20.5. The van der Waals surface area contributed by atoms with Crippen LogP contribution in [0.15, 0.2) is 23.8 Å². The molecule has 0 aromatic rings. The smallest absolute Gasteiger partial charge is 0.227 e. The summed E-state index contributed by atoms with van der Waals surface area (Å²) in [6, 6.07) is 0. The van der Waals surface area contributed by atoms with Crippen LogP contribution in [-0.4, -0.2) is 48.6 Å². The SMILES string of the molecule is C=C1C[C@@H]2[C@H]([C@@H](O)C[C@@]3(C)[C@H]2C[C@@H](C)[C@@]32OCOC23COCO3)[C@@]2(C)CCC(=O)C=C12. The van der Waals surface area contributed by atoms with Crippen molar-refractivity contribution in [3.63, 3.8) is 0 Å². The summed E-state index contributed by atoms with van der Waals surface area (Å²) in [5.74, 6) is 0.265. The van der Waals surface area contributed by atoms with Gasteiger partial charge in [0.1, 0.15) is 12.2 Å². The Labute approximate surface area is 183 Å². The molecule has 5 fully saturated rings. The maximum Gasteiger partial charge on any atom is 0.227 e. The zero-order valence-electron chi connectivity index (χ0n) is 18.8. The predicted octanol–water partition coefficient (Wildman–Crippen LogP) is 3.34. The lowest BCUT2D eigenvalue weighted by molar-refractivity contribution is -0.266. The number of hydrogen-bond acceptors (Lipinski definition) is 6. The molecule has 2 aliphatic heterocycles. The first-order valence-corrected chi connectivity index (χ1v) is 11.8. The predicted molar refractivity (Wildman–Crippen MR) is 112 cm³/mol. The number of carbonyl (C=O) groups excluding carboxylic acids is 1. The fourth-order valence-corrected chi connectivity index (χ4v) is 9.23. The molecule has 31 heavy (non-hydrogen) atoms. The van der Waals surface area contributed by atoms with E-state index in [0.717, 1.165) is 30.4 Å². The summed E-state index contributed by atoms with van der Waals surface area (Å²) >= 11 is 0. The summed E-state index contributed by atoms with van der Waals surface area (Å²) < 4.78 is 24.4. The average Bonchev–Trinajstić information content (AvgIpc) is 3.39. The maximum atomic E-state index is 12.2. The summed E-state index contributed by atoms with van der Waals surface area (Å²) in [5, 5.41) is 11.7. The summed E-state index contributed by atoms with van der Waals surface area (Å²) in [6.45, 7) is 11.9. The highest BCUT2D eigenvalue weighted by atomic mass is 16.9. The van der Waals surface area contributed by atoms with Crippen LogP contribution in [0.4, 0.5) is 0 Å². The van der Waals surface area contributed by atoms with Crippen molar-refractivity contribution in [2.75, 3.05) is 20.2 Å². The molecular formula is C25H34O6. The van der Waals surface area contributed by atoms with Crippen molar-refractivity contribution >= 4 is 5.78 Å². The van der Waals surface area contributed by atoms with Crippen molar-refractivity contribution < 1.29 is 28.8 Å². The van der Waals surface area contributed by atoms with E-state index in [2.05, 4.69) is 27.4 Å². The van der Waals surface area contributed by atoms with Crippen molar-refractivity contribution in [2.24, 2.45) is 34.5 Å². The van der Waals surface area contributed by atoms with E-state index < -0.39 is 17.5 Å². The van der Waals surface area contributed by atoms with E-state index in [4.69, 9.17) is 18.9 Å². The van der Waals surface area contributed by atoms with Crippen LogP contribution in [0.2, 0.25) is 0 Å². The van der Waals surface area contributed by atoms with Gasteiger partial charge in [0.2, 0.25) is 5.79 Å². The molecule has 0 aromatic carbocycles. The quantitative estimate of drug-likeness (QED) is 0.635. The number of aliphatic hydroxyl groups excluding tert-OH is 1. The van der Waals surface area contributed by atoms with Crippen molar-refractivity contribution in [1.82, 2.24) is 0 Å². The van der Waals surface area contributed by atoms with Gasteiger partial charge in [0.15, 0.2) is 19.4 Å². The third-order valence-electron chi connectivity index (χ3n) is 10.2. The second kappa shape index (κ2) is 6.29. The molecule has 2 spiro atoms. The molecule has 1 unspecified atom stereocenters. The minimum atomic E-state index is -0.902. The Hall–Kier alpha value is -1.05. The Bertz CT molecular complexity index is 868. The fourth-order valence-electron chi connectivity index (χ4n) is 9.23. The molecule has 2 heterocycles. The second-order valence-corrected chi connectivity index (χ2v) is 11.4. The molecule has 0 aromatic heterocycles. The van der Waals surface area contributed by atoms with Crippen LogP contribution in [0.25, 0.3) is 0 Å². The van der Waals surface area contributed by atoms with Gasteiger partial charge in [-0.15, -0.1) is 0 Å². The van der Waals surface area contributed by atoms with Crippen LogP contribution in [0.5, 0.6) is 0 Å². The van der Waals surface area contributed by atoms with Crippen LogP contribution in [-0.2, 0) is 23.7 Å². The third-order valence-corrected chi connectivity index (χ3v) is 10.2. The molecule has 2 saturated heterocycles. The number of ether oxygens (including phenoxy) is 4.